The third-order valence-electron chi connectivity index (χ3n) is 12.0. The van der Waals surface area contributed by atoms with E-state index in [0.29, 0.717) is 24.2 Å². The highest BCUT2D eigenvalue weighted by molar-refractivity contribution is 7.07. The fourth-order valence-electron chi connectivity index (χ4n) is 10.0. The maximum absolute atomic E-state index is 13.0. The van der Waals surface area contributed by atoms with Gasteiger partial charge in [-0.1, -0.05) is 110 Å². The number of ketones is 1. The van der Waals surface area contributed by atoms with Crippen LogP contribution in [0, 0.1) is 34.5 Å². The number of aldehydes is 1. The van der Waals surface area contributed by atoms with E-state index in [9.17, 15) is 9.59 Å². The summed E-state index contributed by atoms with van der Waals surface area (Å²) in [6.45, 7) is 4.65. The van der Waals surface area contributed by atoms with E-state index in [1.165, 1.54) is 21.8 Å². The minimum atomic E-state index is -2.83. The molecule has 0 aromatic heterocycles. The summed E-state index contributed by atoms with van der Waals surface area (Å²) < 4.78 is 7.82. The number of carbonyl (C=O) groups is 2. The van der Waals surface area contributed by atoms with Crippen molar-refractivity contribution in [2.75, 3.05) is 0 Å². The average Bonchev–Trinajstić information content (AvgIpc) is 3.36. The molecule has 0 N–H and O–H groups in total. The molecule has 0 spiro atoms. The van der Waals surface area contributed by atoms with Crippen LogP contribution in [0.2, 0.25) is 0 Å². The Kier molecular flexibility index (Phi) is 6.98. The zero-order chi connectivity index (χ0) is 29.0. The first kappa shape index (κ1) is 27.7. The Morgan fingerprint density at radius 3 is 1.90 bits per heavy atom. The molecule has 3 fully saturated rings. The molecule has 3 aromatic carbocycles. The Labute approximate surface area is 251 Å². The molecule has 216 valence electrons. The van der Waals surface area contributed by atoms with E-state index in [1.807, 2.05) is 6.08 Å². The molecule has 7 rings (SSSR count). The lowest BCUT2D eigenvalue weighted by molar-refractivity contribution is -0.135. The first-order valence-corrected chi connectivity index (χ1v) is 17.9. The number of allylic oxidation sites excluding steroid dienone is 1. The summed E-state index contributed by atoms with van der Waals surface area (Å²) >= 11 is 0. The minimum absolute atomic E-state index is 0.0524. The van der Waals surface area contributed by atoms with Gasteiger partial charge in [0, 0.05) is 6.42 Å². The van der Waals surface area contributed by atoms with Crippen molar-refractivity contribution in [3.8, 4) is 0 Å². The minimum Gasteiger partial charge on any atom is -0.401 e. The van der Waals surface area contributed by atoms with Crippen LogP contribution in [0.3, 0.4) is 0 Å². The van der Waals surface area contributed by atoms with E-state index < -0.39 is 13.7 Å². The van der Waals surface area contributed by atoms with E-state index in [2.05, 4.69) is 105 Å². The van der Waals surface area contributed by atoms with Gasteiger partial charge in [0.05, 0.1) is 11.5 Å². The number of rotatable bonds is 6. The van der Waals surface area contributed by atoms with Gasteiger partial charge in [-0.3, -0.25) is 4.79 Å². The number of carbonyl (C=O) groups excluding carboxylic acids is 2. The molecule has 0 heterocycles. The number of benzene rings is 3. The lowest BCUT2D eigenvalue weighted by atomic mass is 9.45. The molecule has 4 aliphatic rings. The van der Waals surface area contributed by atoms with Crippen LogP contribution in [0.4, 0.5) is 0 Å². The molecule has 7 atom stereocenters. The van der Waals surface area contributed by atoms with E-state index in [4.69, 9.17) is 4.43 Å². The Balaban J connectivity index is 1.29. The predicted molar refractivity (Wildman–Crippen MR) is 171 cm³/mol. The highest BCUT2D eigenvalue weighted by Gasteiger charge is 2.63. The van der Waals surface area contributed by atoms with Crippen molar-refractivity contribution < 1.29 is 14.0 Å². The van der Waals surface area contributed by atoms with Crippen molar-refractivity contribution >= 4 is 35.9 Å². The van der Waals surface area contributed by atoms with Gasteiger partial charge in [0.1, 0.15) is 6.29 Å². The molecule has 0 amide bonds. The van der Waals surface area contributed by atoms with Gasteiger partial charge in [0.25, 0.3) is 8.32 Å². The first-order valence-electron chi connectivity index (χ1n) is 16.0. The lowest BCUT2D eigenvalue weighted by Crippen LogP contribution is -2.71. The van der Waals surface area contributed by atoms with Crippen LogP contribution in [0.25, 0.3) is 0 Å². The van der Waals surface area contributed by atoms with E-state index in [-0.39, 0.29) is 23.2 Å². The van der Waals surface area contributed by atoms with Crippen molar-refractivity contribution in [3.63, 3.8) is 0 Å². The molecule has 0 radical (unpaired) electrons. The molecule has 0 aliphatic heterocycles. The largest absolute Gasteiger partial charge is 0.401 e. The maximum Gasteiger partial charge on any atom is 0.288 e. The summed E-state index contributed by atoms with van der Waals surface area (Å²) in [7, 11) is -2.83. The molecule has 3 nitrogen and oxygen atoms in total. The molecule has 3 saturated carbocycles. The predicted octanol–water partition coefficient (Wildman–Crippen LogP) is 6.00. The molecule has 0 saturated heterocycles. The number of hydrogen-bond donors (Lipinski definition) is 0. The van der Waals surface area contributed by atoms with Crippen LogP contribution < -0.4 is 15.6 Å². The maximum atomic E-state index is 13.0. The Morgan fingerprint density at radius 2 is 1.36 bits per heavy atom. The van der Waals surface area contributed by atoms with Gasteiger partial charge < -0.3 is 9.22 Å². The van der Waals surface area contributed by atoms with Crippen LogP contribution in [0.15, 0.2) is 103 Å². The fourth-order valence-corrected chi connectivity index (χ4v) is 14.2. The Hall–Kier alpha value is -3.08. The van der Waals surface area contributed by atoms with E-state index in [1.54, 1.807) is 0 Å². The SMILES string of the molecule is C[C@H]1CC(=O)C=C2CC[C@H]3[C@@H]4CC[C@H](O[Si](c5ccccc5)(c5ccccc5)c5ccccc5)[C@@]4(C)CC[C@@H]3[C@]21C=O. The topological polar surface area (TPSA) is 43.4 Å². The van der Waals surface area contributed by atoms with Gasteiger partial charge in [-0.15, -0.1) is 0 Å². The summed E-state index contributed by atoms with van der Waals surface area (Å²) in [5.41, 5.74) is 0.713. The second-order valence-electron chi connectivity index (χ2n) is 13.7. The van der Waals surface area contributed by atoms with Gasteiger partial charge in [0.2, 0.25) is 0 Å². The zero-order valence-electron chi connectivity index (χ0n) is 24.9. The molecule has 3 aromatic rings. The highest BCUT2D eigenvalue weighted by Crippen LogP contribution is 2.66. The molecule has 0 unspecified atom stereocenters. The van der Waals surface area contributed by atoms with Crippen molar-refractivity contribution in [3.05, 3.63) is 103 Å². The average molecular weight is 575 g/mol. The van der Waals surface area contributed by atoms with Gasteiger partial charge in [-0.05, 0) is 89.2 Å². The smallest absolute Gasteiger partial charge is 0.288 e. The Bertz CT molecular complexity index is 1390. The molecule has 0 bridgehead atoms. The summed E-state index contributed by atoms with van der Waals surface area (Å²) in [6, 6.07) is 32.8. The van der Waals surface area contributed by atoms with E-state index >= 15 is 0 Å². The molecule has 4 heteroatoms. The van der Waals surface area contributed by atoms with Crippen molar-refractivity contribution in [2.45, 2.75) is 64.9 Å². The third kappa shape index (κ3) is 4.01. The van der Waals surface area contributed by atoms with Gasteiger partial charge in [-0.25, -0.2) is 0 Å². The Morgan fingerprint density at radius 1 is 0.786 bits per heavy atom. The van der Waals surface area contributed by atoms with Crippen LogP contribution in [-0.4, -0.2) is 26.5 Å². The standard InChI is InChI=1S/C38H42O3Si/c1-27-24-29(40)25-28-18-19-33-34-20-21-36(37(34,2)23-22-35(33)38(27,28)26-39)41-42(30-12-6-3-7-13-30,31-14-8-4-9-15-31)32-16-10-5-11-17-32/h3-17,25-27,33-36H,18-24H2,1-2H3/t27-,33-,34-,35-,36-,37-,38-/m0/s1. The summed E-state index contributed by atoms with van der Waals surface area (Å²) in [5, 5.41) is 3.86. The quantitative estimate of drug-likeness (QED) is 0.206. The second kappa shape index (κ2) is 10.6. The first-order chi connectivity index (χ1) is 20.4. The summed E-state index contributed by atoms with van der Waals surface area (Å²) in [4.78, 5) is 25.5. The molecule has 4 aliphatic carbocycles. The van der Waals surface area contributed by atoms with Crippen LogP contribution in [0.1, 0.15) is 58.8 Å². The summed E-state index contributed by atoms with van der Waals surface area (Å²) in [5.74, 6) is 1.64. The normalized spacial score (nSPS) is 34.1. The van der Waals surface area contributed by atoms with Crippen molar-refractivity contribution in [1.29, 1.82) is 0 Å². The molecular formula is C38H42O3Si. The van der Waals surface area contributed by atoms with Gasteiger partial charge in [0.15, 0.2) is 5.78 Å². The van der Waals surface area contributed by atoms with Crippen molar-refractivity contribution in [1.82, 2.24) is 0 Å². The second-order valence-corrected chi connectivity index (χ2v) is 17.0. The third-order valence-corrected chi connectivity index (χ3v) is 16.1. The zero-order valence-corrected chi connectivity index (χ0v) is 25.9. The lowest BCUT2D eigenvalue weighted by Gasteiger charge is -2.59. The van der Waals surface area contributed by atoms with Crippen LogP contribution in [-0.2, 0) is 14.0 Å². The van der Waals surface area contributed by atoms with Gasteiger partial charge >= 0.3 is 0 Å². The molecule has 42 heavy (non-hydrogen) atoms. The fraction of sp³-hybridized carbons (Fsp3) is 0.421. The molecular weight excluding hydrogens is 533 g/mol. The van der Waals surface area contributed by atoms with E-state index in [0.717, 1.165) is 44.1 Å². The number of hydrogen-bond acceptors (Lipinski definition) is 3. The monoisotopic (exact) mass is 574 g/mol. The van der Waals surface area contributed by atoms with Crippen LogP contribution >= 0.6 is 0 Å². The summed E-state index contributed by atoms with van der Waals surface area (Å²) in [6.07, 6.45) is 10.0. The van der Waals surface area contributed by atoms with Gasteiger partial charge in [-0.2, -0.15) is 0 Å². The highest BCUT2D eigenvalue weighted by atomic mass is 28.4. The van der Waals surface area contributed by atoms with Crippen LogP contribution in [0.5, 0.6) is 0 Å². The number of fused-ring (bicyclic) bond motifs is 5. The van der Waals surface area contributed by atoms with Crippen molar-refractivity contribution in [2.24, 2.45) is 34.5 Å².